The highest BCUT2D eigenvalue weighted by atomic mass is 32.1. The Balaban J connectivity index is 2.35. The van der Waals surface area contributed by atoms with Crippen molar-refractivity contribution in [3.8, 4) is 0 Å². The molecule has 0 unspecified atom stereocenters. The van der Waals surface area contributed by atoms with Crippen LogP contribution in [0.2, 0.25) is 0 Å². The highest BCUT2D eigenvalue weighted by molar-refractivity contribution is 7.11. The normalized spacial score (nSPS) is 10.6. The van der Waals surface area contributed by atoms with Crippen LogP contribution in [0, 0.1) is 0 Å². The predicted octanol–water partition coefficient (Wildman–Crippen LogP) is 0.302. The van der Waals surface area contributed by atoms with Gasteiger partial charge in [-0.25, -0.2) is 14.6 Å². The fourth-order valence-corrected chi connectivity index (χ4v) is 2.22. The number of carboxylic acid groups (broad SMARTS) is 1. The van der Waals surface area contributed by atoms with Crippen molar-refractivity contribution in [2.24, 2.45) is 0 Å². The van der Waals surface area contributed by atoms with Crippen LogP contribution in [0.3, 0.4) is 0 Å². The molecule has 0 bridgehead atoms. The van der Waals surface area contributed by atoms with Gasteiger partial charge in [-0.15, -0.1) is 11.3 Å². The number of aromatic nitrogens is 3. The average Bonchev–Trinajstić information content (AvgIpc) is 2.81. The summed E-state index contributed by atoms with van der Waals surface area (Å²) in [5.74, 6) is -1.10. The van der Waals surface area contributed by atoms with Gasteiger partial charge in [0.05, 0.1) is 12.2 Å². The van der Waals surface area contributed by atoms with Gasteiger partial charge in [0.15, 0.2) is 0 Å². The molecule has 2 aromatic rings. The van der Waals surface area contributed by atoms with Crippen molar-refractivity contribution in [3.63, 3.8) is 0 Å². The topological polar surface area (TPSA) is 105 Å². The summed E-state index contributed by atoms with van der Waals surface area (Å²) in [5, 5.41) is 10.3. The van der Waals surface area contributed by atoms with Crippen LogP contribution in [-0.4, -0.2) is 25.6 Å². The highest BCUT2D eigenvalue weighted by Crippen LogP contribution is 2.10. The number of hydrogen-bond acceptors (Lipinski definition) is 5. The molecular formula is C11H11N3O4S. The van der Waals surface area contributed by atoms with Crippen LogP contribution >= 0.6 is 11.3 Å². The van der Waals surface area contributed by atoms with Crippen LogP contribution in [-0.2, 0) is 13.0 Å². The fourth-order valence-electron chi connectivity index (χ4n) is 1.58. The van der Waals surface area contributed by atoms with Gasteiger partial charge in [0.1, 0.15) is 0 Å². The summed E-state index contributed by atoms with van der Waals surface area (Å²) < 4.78 is 1.31. The molecule has 2 rings (SSSR count). The van der Waals surface area contributed by atoms with E-state index in [4.69, 9.17) is 5.11 Å². The van der Waals surface area contributed by atoms with Crippen LogP contribution in [0.4, 0.5) is 0 Å². The lowest BCUT2D eigenvalue weighted by Gasteiger charge is -2.04. The Labute approximate surface area is 111 Å². The summed E-state index contributed by atoms with van der Waals surface area (Å²) in [7, 11) is 0. The van der Waals surface area contributed by atoms with Gasteiger partial charge >= 0.3 is 11.7 Å². The van der Waals surface area contributed by atoms with Crippen molar-refractivity contribution < 1.29 is 9.90 Å². The van der Waals surface area contributed by atoms with Gasteiger partial charge in [-0.1, -0.05) is 6.92 Å². The number of aromatic amines is 1. The minimum atomic E-state index is -1.10. The Morgan fingerprint density at radius 2 is 2.26 bits per heavy atom. The Morgan fingerprint density at radius 3 is 2.84 bits per heavy atom. The molecule has 2 aromatic heterocycles. The molecule has 0 aromatic carbocycles. The number of nitrogens with one attached hydrogen (secondary N) is 1. The Bertz CT molecular complexity index is 728. The summed E-state index contributed by atoms with van der Waals surface area (Å²) >= 11 is 0.998. The van der Waals surface area contributed by atoms with E-state index in [-0.39, 0.29) is 11.6 Å². The zero-order chi connectivity index (χ0) is 14.0. The number of H-pyrrole nitrogens is 1. The minimum Gasteiger partial charge on any atom is -0.476 e. The van der Waals surface area contributed by atoms with Gasteiger partial charge in [-0.2, -0.15) is 0 Å². The van der Waals surface area contributed by atoms with Crippen molar-refractivity contribution >= 4 is 17.3 Å². The number of thiazole rings is 1. The molecule has 0 spiro atoms. The molecule has 0 aliphatic heterocycles. The molecule has 0 saturated heterocycles. The van der Waals surface area contributed by atoms with E-state index in [1.165, 1.54) is 10.8 Å². The van der Waals surface area contributed by atoms with E-state index >= 15 is 0 Å². The van der Waals surface area contributed by atoms with E-state index in [0.29, 0.717) is 17.7 Å². The first kappa shape index (κ1) is 13.2. The average molecular weight is 281 g/mol. The van der Waals surface area contributed by atoms with Gasteiger partial charge < -0.3 is 5.11 Å². The smallest absolute Gasteiger partial charge is 0.365 e. The Morgan fingerprint density at radius 1 is 1.53 bits per heavy atom. The third-order valence-corrected chi connectivity index (χ3v) is 3.41. The van der Waals surface area contributed by atoms with Gasteiger partial charge in [0, 0.05) is 17.1 Å². The zero-order valence-electron chi connectivity index (χ0n) is 10.0. The molecule has 0 aliphatic rings. The molecule has 100 valence electrons. The maximum Gasteiger partial charge on any atom is 0.365 e. The number of aryl methyl sites for hydroxylation is 1. The van der Waals surface area contributed by atoms with Gasteiger partial charge in [-0.05, 0) is 6.42 Å². The van der Waals surface area contributed by atoms with E-state index < -0.39 is 17.2 Å². The van der Waals surface area contributed by atoms with E-state index in [0.717, 1.165) is 11.3 Å². The van der Waals surface area contributed by atoms with Crippen LogP contribution in [0.15, 0.2) is 21.2 Å². The summed E-state index contributed by atoms with van der Waals surface area (Å²) in [5.41, 5.74) is 0.0345. The van der Waals surface area contributed by atoms with Gasteiger partial charge in [0.25, 0.3) is 5.56 Å². The molecule has 19 heavy (non-hydrogen) atoms. The number of carboxylic acids is 1. The number of rotatable bonds is 4. The molecule has 0 amide bonds. The maximum atomic E-state index is 11.6. The van der Waals surface area contributed by atoms with Crippen LogP contribution in [0.1, 0.15) is 28.0 Å². The number of aromatic carboxylic acids is 1. The number of carbonyl (C=O) groups is 1. The Kier molecular flexibility index (Phi) is 3.61. The van der Waals surface area contributed by atoms with Gasteiger partial charge in [-0.3, -0.25) is 14.3 Å². The molecule has 2 N–H and O–H groups in total. The second-order valence-electron chi connectivity index (χ2n) is 3.84. The summed E-state index contributed by atoms with van der Waals surface area (Å²) in [6, 6.07) is 0. The van der Waals surface area contributed by atoms with E-state index in [1.807, 2.05) is 6.92 Å². The van der Waals surface area contributed by atoms with Crippen LogP contribution < -0.4 is 11.2 Å². The fraction of sp³-hybridized carbons (Fsp3) is 0.273. The molecular weight excluding hydrogens is 270 g/mol. The lowest BCUT2D eigenvalue weighted by Crippen LogP contribution is -2.31. The third-order valence-electron chi connectivity index (χ3n) is 2.53. The van der Waals surface area contributed by atoms with Gasteiger partial charge in [0.2, 0.25) is 5.01 Å². The molecule has 2 heterocycles. The molecule has 8 heteroatoms. The van der Waals surface area contributed by atoms with E-state index in [2.05, 4.69) is 9.97 Å². The summed E-state index contributed by atoms with van der Waals surface area (Å²) in [6.45, 7) is 1.94. The number of hydrogen-bond donors (Lipinski definition) is 2. The molecule has 0 aliphatic carbocycles. The van der Waals surface area contributed by atoms with Crippen LogP contribution in [0.5, 0.6) is 0 Å². The van der Waals surface area contributed by atoms with Crippen molar-refractivity contribution in [2.75, 3.05) is 0 Å². The second kappa shape index (κ2) is 5.19. The molecule has 0 saturated carbocycles. The lowest BCUT2D eigenvalue weighted by atomic mass is 10.2. The highest BCUT2D eigenvalue weighted by Gasteiger charge is 2.10. The summed E-state index contributed by atoms with van der Waals surface area (Å²) in [4.78, 5) is 39.9. The SMILES string of the molecule is CCc1cn(Cc2csc(C(=O)O)n2)c(=O)[nH]c1=O. The van der Waals surface area contributed by atoms with Crippen molar-refractivity contribution in [3.05, 3.63) is 48.7 Å². The zero-order valence-corrected chi connectivity index (χ0v) is 10.9. The first-order valence-corrected chi connectivity index (χ1v) is 6.39. The first-order valence-electron chi connectivity index (χ1n) is 5.51. The monoisotopic (exact) mass is 281 g/mol. The first-order chi connectivity index (χ1) is 9.01. The lowest BCUT2D eigenvalue weighted by molar-refractivity contribution is 0.0696. The van der Waals surface area contributed by atoms with E-state index in [9.17, 15) is 14.4 Å². The molecule has 7 nitrogen and oxygen atoms in total. The second-order valence-corrected chi connectivity index (χ2v) is 4.70. The minimum absolute atomic E-state index is 0.0248. The molecule has 0 fully saturated rings. The van der Waals surface area contributed by atoms with Crippen LogP contribution in [0.25, 0.3) is 0 Å². The summed E-state index contributed by atoms with van der Waals surface area (Å²) in [6.07, 6.45) is 1.98. The maximum absolute atomic E-state index is 11.6. The third kappa shape index (κ3) is 2.79. The number of nitrogens with zero attached hydrogens (tertiary/aromatic N) is 2. The molecule has 0 atom stereocenters. The van der Waals surface area contributed by atoms with Crippen molar-refractivity contribution in [1.29, 1.82) is 0 Å². The molecule has 0 radical (unpaired) electrons. The predicted molar refractivity (Wildman–Crippen MR) is 68.9 cm³/mol. The standard InChI is InChI=1S/C11H11N3O4S/c1-2-6-3-14(11(18)13-8(6)15)4-7-5-19-9(12-7)10(16)17/h3,5H,2,4H2,1H3,(H,16,17)(H,13,15,18). The van der Waals surface area contributed by atoms with Crippen molar-refractivity contribution in [1.82, 2.24) is 14.5 Å². The van der Waals surface area contributed by atoms with E-state index in [1.54, 1.807) is 5.38 Å². The quantitative estimate of drug-likeness (QED) is 0.838. The Hall–Kier alpha value is -2.22. The van der Waals surface area contributed by atoms with Crippen molar-refractivity contribution in [2.45, 2.75) is 19.9 Å². The largest absolute Gasteiger partial charge is 0.476 e.